The lowest BCUT2D eigenvalue weighted by atomic mass is 9.80. The molecule has 1 aromatic carbocycles. The van der Waals surface area contributed by atoms with E-state index in [-0.39, 0.29) is 12.5 Å². The number of ether oxygens (including phenoxy) is 2. The molecule has 0 spiro atoms. The molecule has 3 rings (SSSR count). The minimum Gasteiger partial charge on any atom is -0.489 e. The lowest BCUT2D eigenvalue weighted by Gasteiger charge is -2.33. The molecule has 1 aliphatic rings. The van der Waals surface area contributed by atoms with Crippen molar-refractivity contribution in [2.24, 2.45) is 5.41 Å². The molecule has 1 amide bonds. The van der Waals surface area contributed by atoms with Crippen LogP contribution in [0.15, 0.2) is 48.8 Å². The largest absolute Gasteiger partial charge is 0.489 e. The van der Waals surface area contributed by atoms with Crippen LogP contribution in [0.25, 0.3) is 0 Å². The molecule has 7 heteroatoms. The third-order valence-electron chi connectivity index (χ3n) is 4.72. The van der Waals surface area contributed by atoms with Gasteiger partial charge in [0.25, 0.3) is 5.91 Å². The second kappa shape index (κ2) is 8.64. The summed E-state index contributed by atoms with van der Waals surface area (Å²) in [5.74, 6) is -0.667. The molecule has 1 saturated heterocycles. The summed E-state index contributed by atoms with van der Waals surface area (Å²) in [4.78, 5) is 28.2. The topological polar surface area (TPSA) is 97.8 Å². The molecule has 0 bridgehead atoms. The van der Waals surface area contributed by atoms with E-state index in [0.29, 0.717) is 44.0 Å². The van der Waals surface area contributed by atoms with Crippen molar-refractivity contribution in [1.29, 1.82) is 0 Å². The number of carbonyl (C=O) groups is 2. The van der Waals surface area contributed by atoms with Crippen LogP contribution >= 0.6 is 0 Å². The second-order valence-corrected chi connectivity index (χ2v) is 6.56. The summed E-state index contributed by atoms with van der Waals surface area (Å²) < 4.78 is 11.0. The van der Waals surface area contributed by atoms with Crippen LogP contribution in [-0.4, -0.2) is 41.7 Å². The fourth-order valence-electron chi connectivity index (χ4n) is 2.96. The fraction of sp³-hybridized carbons (Fsp3) is 0.350. The minimum atomic E-state index is -0.970. The highest BCUT2D eigenvalue weighted by atomic mass is 16.5. The Bertz CT molecular complexity index is 788. The second-order valence-electron chi connectivity index (χ2n) is 6.56. The summed E-state index contributed by atoms with van der Waals surface area (Å²) in [5, 5.41) is 12.3. The van der Waals surface area contributed by atoms with Crippen molar-refractivity contribution in [3.8, 4) is 5.75 Å². The number of nitrogens with zero attached hydrogens (tertiary/aromatic N) is 1. The predicted octanol–water partition coefficient (Wildman–Crippen LogP) is 2.27. The summed E-state index contributed by atoms with van der Waals surface area (Å²) in [6.45, 7) is 1.20. The molecule has 0 unspecified atom stereocenters. The summed E-state index contributed by atoms with van der Waals surface area (Å²) in [5.41, 5.74) is 0.379. The Morgan fingerprint density at radius 1 is 1.22 bits per heavy atom. The van der Waals surface area contributed by atoms with Gasteiger partial charge < -0.3 is 19.9 Å². The van der Waals surface area contributed by atoms with Crippen molar-refractivity contribution in [2.45, 2.75) is 19.4 Å². The van der Waals surface area contributed by atoms with Crippen LogP contribution in [0.1, 0.15) is 28.8 Å². The van der Waals surface area contributed by atoms with Gasteiger partial charge in [-0.05, 0) is 37.1 Å². The van der Waals surface area contributed by atoms with Gasteiger partial charge in [-0.25, -0.2) is 0 Å². The number of pyridine rings is 1. The number of aliphatic carboxylic acids is 1. The summed E-state index contributed by atoms with van der Waals surface area (Å²) >= 11 is 0. The van der Waals surface area contributed by atoms with Gasteiger partial charge in [0, 0.05) is 43.3 Å². The van der Waals surface area contributed by atoms with E-state index in [1.165, 1.54) is 0 Å². The van der Waals surface area contributed by atoms with E-state index in [9.17, 15) is 14.7 Å². The van der Waals surface area contributed by atoms with Gasteiger partial charge in [-0.15, -0.1) is 0 Å². The molecular formula is C20H22N2O5. The predicted molar refractivity (Wildman–Crippen MR) is 97.5 cm³/mol. The standard InChI is InChI=1S/C20H22N2O5/c23-18(22-14-20(19(24)25)6-9-26-10-7-20)16-4-1-5-17(11-16)27-13-15-3-2-8-21-12-15/h1-5,8,11-12H,6-7,9-10,13-14H2,(H,22,23)(H,24,25). The van der Waals surface area contributed by atoms with Gasteiger partial charge in [-0.3, -0.25) is 14.6 Å². The van der Waals surface area contributed by atoms with Crippen molar-refractivity contribution in [3.05, 3.63) is 59.9 Å². The Hall–Kier alpha value is -2.93. The van der Waals surface area contributed by atoms with Crippen molar-refractivity contribution in [2.75, 3.05) is 19.8 Å². The molecule has 2 N–H and O–H groups in total. The van der Waals surface area contributed by atoms with E-state index in [0.717, 1.165) is 5.56 Å². The normalized spacial score (nSPS) is 15.7. The Labute approximate surface area is 157 Å². The van der Waals surface area contributed by atoms with E-state index < -0.39 is 11.4 Å². The minimum absolute atomic E-state index is 0.0747. The maximum absolute atomic E-state index is 12.5. The van der Waals surface area contributed by atoms with Crippen LogP contribution in [0, 0.1) is 5.41 Å². The van der Waals surface area contributed by atoms with Gasteiger partial charge in [-0.2, -0.15) is 0 Å². The van der Waals surface area contributed by atoms with Crippen LogP contribution in [0.4, 0.5) is 0 Å². The average molecular weight is 370 g/mol. The smallest absolute Gasteiger partial charge is 0.311 e. The SMILES string of the molecule is O=C(NCC1(C(=O)O)CCOCC1)c1cccc(OCc2cccnc2)c1. The zero-order chi connectivity index (χ0) is 19.1. The number of benzene rings is 1. The maximum atomic E-state index is 12.5. The van der Waals surface area contributed by atoms with Crippen molar-refractivity contribution in [3.63, 3.8) is 0 Å². The lowest BCUT2D eigenvalue weighted by molar-refractivity contribution is -0.154. The Balaban J connectivity index is 1.60. The van der Waals surface area contributed by atoms with E-state index >= 15 is 0 Å². The highest BCUT2D eigenvalue weighted by molar-refractivity contribution is 5.95. The molecule has 0 aliphatic carbocycles. The number of rotatable bonds is 7. The van der Waals surface area contributed by atoms with Crippen LogP contribution in [0.5, 0.6) is 5.75 Å². The molecule has 1 aromatic heterocycles. The molecule has 27 heavy (non-hydrogen) atoms. The highest BCUT2D eigenvalue weighted by Gasteiger charge is 2.40. The molecule has 1 aliphatic heterocycles. The highest BCUT2D eigenvalue weighted by Crippen LogP contribution is 2.30. The van der Waals surface area contributed by atoms with Crippen molar-refractivity contribution in [1.82, 2.24) is 10.3 Å². The number of carboxylic acids is 1. The van der Waals surface area contributed by atoms with Crippen LogP contribution < -0.4 is 10.1 Å². The first-order valence-corrected chi connectivity index (χ1v) is 8.80. The number of carbonyl (C=O) groups excluding carboxylic acids is 1. The van der Waals surface area contributed by atoms with Gasteiger partial charge in [-0.1, -0.05) is 12.1 Å². The summed E-state index contributed by atoms with van der Waals surface area (Å²) in [6, 6.07) is 10.5. The monoisotopic (exact) mass is 370 g/mol. The zero-order valence-electron chi connectivity index (χ0n) is 14.9. The number of hydrogen-bond donors (Lipinski definition) is 2. The number of hydrogen-bond acceptors (Lipinski definition) is 5. The fourth-order valence-corrected chi connectivity index (χ4v) is 2.96. The number of amides is 1. The van der Waals surface area contributed by atoms with Crippen molar-refractivity contribution >= 4 is 11.9 Å². The molecule has 2 heterocycles. The van der Waals surface area contributed by atoms with Gasteiger partial charge in [0.05, 0.1) is 5.41 Å². The summed E-state index contributed by atoms with van der Waals surface area (Å²) in [6.07, 6.45) is 4.18. The average Bonchev–Trinajstić information content (AvgIpc) is 2.72. The zero-order valence-corrected chi connectivity index (χ0v) is 14.9. The first-order chi connectivity index (χ1) is 13.1. The third kappa shape index (κ3) is 4.83. The number of carboxylic acid groups (broad SMARTS) is 1. The number of nitrogens with one attached hydrogen (secondary N) is 1. The van der Waals surface area contributed by atoms with E-state index in [1.807, 2.05) is 12.1 Å². The third-order valence-corrected chi connectivity index (χ3v) is 4.72. The number of aromatic nitrogens is 1. The Morgan fingerprint density at radius 3 is 2.74 bits per heavy atom. The first kappa shape index (κ1) is 18.8. The van der Waals surface area contributed by atoms with E-state index in [1.54, 1.807) is 36.7 Å². The molecule has 7 nitrogen and oxygen atoms in total. The lowest BCUT2D eigenvalue weighted by Crippen LogP contribution is -2.46. The Kier molecular flexibility index (Phi) is 6.03. The summed E-state index contributed by atoms with van der Waals surface area (Å²) in [7, 11) is 0. The van der Waals surface area contributed by atoms with Gasteiger partial charge in [0.15, 0.2) is 0 Å². The van der Waals surface area contributed by atoms with Crippen LogP contribution in [0.2, 0.25) is 0 Å². The van der Waals surface area contributed by atoms with Gasteiger partial charge >= 0.3 is 5.97 Å². The van der Waals surface area contributed by atoms with Crippen molar-refractivity contribution < 1.29 is 24.2 Å². The molecule has 0 radical (unpaired) electrons. The van der Waals surface area contributed by atoms with E-state index in [4.69, 9.17) is 9.47 Å². The van der Waals surface area contributed by atoms with Gasteiger partial charge in [0.2, 0.25) is 0 Å². The van der Waals surface area contributed by atoms with Gasteiger partial charge in [0.1, 0.15) is 12.4 Å². The first-order valence-electron chi connectivity index (χ1n) is 8.80. The molecule has 142 valence electrons. The van der Waals surface area contributed by atoms with Crippen LogP contribution in [0.3, 0.4) is 0 Å². The maximum Gasteiger partial charge on any atom is 0.311 e. The molecule has 2 aromatic rings. The van der Waals surface area contributed by atoms with Crippen LogP contribution in [-0.2, 0) is 16.1 Å². The Morgan fingerprint density at radius 2 is 2.04 bits per heavy atom. The molecule has 1 fully saturated rings. The molecule has 0 saturated carbocycles. The molecule has 0 atom stereocenters. The molecular weight excluding hydrogens is 348 g/mol. The van der Waals surface area contributed by atoms with E-state index in [2.05, 4.69) is 10.3 Å². The quantitative estimate of drug-likeness (QED) is 0.776.